The molecule has 0 fully saturated rings. The molecule has 0 amide bonds. The molecule has 0 saturated carbocycles. The van der Waals surface area contributed by atoms with Crippen molar-refractivity contribution in [2.75, 3.05) is 18.0 Å². The number of fused-ring (bicyclic) bond motifs is 2. The van der Waals surface area contributed by atoms with Crippen molar-refractivity contribution in [3.8, 4) is 0 Å². The third-order valence-electron chi connectivity index (χ3n) is 5.54. The fourth-order valence-electron chi connectivity index (χ4n) is 3.92. The van der Waals surface area contributed by atoms with Crippen LogP contribution in [0.4, 0.5) is 11.4 Å². The molecule has 29 heavy (non-hydrogen) atoms. The number of aliphatic hydroxyl groups excluding tert-OH is 1. The molecule has 4 rings (SSSR count). The Labute approximate surface area is 173 Å². The van der Waals surface area contributed by atoms with Crippen LogP contribution in [0.5, 0.6) is 0 Å². The summed E-state index contributed by atoms with van der Waals surface area (Å²) in [4.78, 5) is 2.41. The maximum Gasteiger partial charge on any atom is 0.0940 e. The molecule has 0 radical (unpaired) electrons. The Kier molecular flexibility index (Phi) is 6.09. The van der Waals surface area contributed by atoms with E-state index < -0.39 is 6.10 Å². The highest BCUT2D eigenvalue weighted by Crippen LogP contribution is 2.36. The molecule has 0 bridgehead atoms. The Hall–Kier alpha value is -2.88. The second-order valence-corrected chi connectivity index (χ2v) is 7.55. The van der Waals surface area contributed by atoms with Crippen molar-refractivity contribution < 1.29 is 5.11 Å². The SMILES string of the molecule is CC(NCCCN1c2ccccc2C=Cc2ccccc21)C(O)c1ccccc1. The molecule has 0 spiro atoms. The molecule has 1 aliphatic rings. The van der Waals surface area contributed by atoms with Crippen molar-refractivity contribution in [2.45, 2.75) is 25.5 Å². The average Bonchev–Trinajstić information content (AvgIpc) is 2.94. The zero-order valence-corrected chi connectivity index (χ0v) is 16.8. The molecule has 0 aromatic heterocycles. The van der Waals surface area contributed by atoms with Crippen LogP contribution in [-0.4, -0.2) is 24.2 Å². The first kappa shape index (κ1) is 19.4. The maximum atomic E-state index is 10.6. The van der Waals surface area contributed by atoms with Gasteiger partial charge in [-0.05, 0) is 48.7 Å². The second kappa shape index (κ2) is 9.08. The number of hydrogen-bond donors (Lipinski definition) is 2. The van der Waals surface area contributed by atoms with Gasteiger partial charge in [0, 0.05) is 24.0 Å². The summed E-state index contributed by atoms with van der Waals surface area (Å²) in [6.45, 7) is 3.80. The van der Waals surface area contributed by atoms with Crippen molar-refractivity contribution in [1.29, 1.82) is 0 Å². The smallest absolute Gasteiger partial charge is 0.0940 e. The number of rotatable bonds is 7. The van der Waals surface area contributed by atoms with Crippen LogP contribution in [0.25, 0.3) is 12.2 Å². The Bertz CT molecular complexity index is 918. The molecule has 2 atom stereocenters. The van der Waals surface area contributed by atoms with Gasteiger partial charge in [0.2, 0.25) is 0 Å². The predicted octanol–water partition coefficient (Wildman–Crippen LogP) is 5.41. The first-order chi connectivity index (χ1) is 14.2. The number of aliphatic hydroxyl groups is 1. The Morgan fingerprint density at radius 2 is 1.34 bits per heavy atom. The fourth-order valence-corrected chi connectivity index (χ4v) is 3.92. The van der Waals surface area contributed by atoms with E-state index in [4.69, 9.17) is 0 Å². The number of anilines is 2. The van der Waals surface area contributed by atoms with Gasteiger partial charge in [0.25, 0.3) is 0 Å². The van der Waals surface area contributed by atoms with E-state index in [-0.39, 0.29) is 6.04 Å². The summed E-state index contributed by atoms with van der Waals surface area (Å²) in [5.41, 5.74) is 5.92. The molecular formula is C26H28N2O. The van der Waals surface area contributed by atoms with Crippen LogP contribution in [0.15, 0.2) is 78.9 Å². The van der Waals surface area contributed by atoms with Gasteiger partial charge < -0.3 is 15.3 Å². The standard InChI is InChI=1S/C26H28N2O/c1-20(26(29)23-12-3-2-4-13-23)27-18-9-19-28-24-14-7-5-10-21(24)16-17-22-11-6-8-15-25(22)28/h2-8,10-17,20,26-27,29H,9,18-19H2,1H3. The molecule has 0 aliphatic carbocycles. The predicted molar refractivity (Wildman–Crippen MR) is 122 cm³/mol. The van der Waals surface area contributed by atoms with Crippen LogP contribution >= 0.6 is 0 Å². The zero-order chi connectivity index (χ0) is 20.1. The molecule has 2 unspecified atom stereocenters. The number of nitrogens with zero attached hydrogens (tertiary/aromatic N) is 1. The van der Waals surface area contributed by atoms with E-state index >= 15 is 0 Å². The van der Waals surface area contributed by atoms with Gasteiger partial charge in [-0.3, -0.25) is 0 Å². The largest absolute Gasteiger partial charge is 0.387 e. The van der Waals surface area contributed by atoms with Gasteiger partial charge in [-0.2, -0.15) is 0 Å². The molecule has 3 heteroatoms. The van der Waals surface area contributed by atoms with E-state index in [1.165, 1.54) is 22.5 Å². The summed E-state index contributed by atoms with van der Waals surface area (Å²) < 4.78 is 0. The van der Waals surface area contributed by atoms with Gasteiger partial charge in [-0.25, -0.2) is 0 Å². The minimum Gasteiger partial charge on any atom is -0.387 e. The third kappa shape index (κ3) is 4.42. The van der Waals surface area contributed by atoms with Crippen LogP contribution in [0, 0.1) is 0 Å². The topological polar surface area (TPSA) is 35.5 Å². The van der Waals surface area contributed by atoms with Crippen molar-refractivity contribution in [3.63, 3.8) is 0 Å². The molecule has 3 aromatic rings. The van der Waals surface area contributed by atoms with Gasteiger partial charge >= 0.3 is 0 Å². The van der Waals surface area contributed by atoms with Gasteiger partial charge in [0.05, 0.1) is 6.10 Å². The summed E-state index contributed by atoms with van der Waals surface area (Å²) in [6.07, 6.45) is 4.88. The lowest BCUT2D eigenvalue weighted by atomic mass is 10.0. The van der Waals surface area contributed by atoms with Gasteiger partial charge in [0.15, 0.2) is 0 Å². The molecule has 2 N–H and O–H groups in total. The lowest BCUT2D eigenvalue weighted by Gasteiger charge is -2.27. The number of hydrogen-bond acceptors (Lipinski definition) is 3. The molecule has 1 heterocycles. The van der Waals surface area contributed by atoms with Gasteiger partial charge in [-0.1, -0.05) is 78.9 Å². The van der Waals surface area contributed by atoms with Crippen molar-refractivity contribution in [1.82, 2.24) is 5.32 Å². The Morgan fingerprint density at radius 1 is 0.793 bits per heavy atom. The van der Waals surface area contributed by atoms with Crippen molar-refractivity contribution in [2.24, 2.45) is 0 Å². The highest BCUT2D eigenvalue weighted by molar-refractivity contribution is 5.88. The first-order valence-electron chi connectivity index (χ1n) is 10.3. The lowest BCUT2D eigenvalue weighted by molar-refractivity contribution is 0.136. The second-order valence-electron chi connectivity index (χ2n) is 7.55. The molecule has 148 valence electrons. The minimum absolute atomic E-state index is 0.00257. The molecule has 1 aliphatic heterocycles. The molecule has 0 saturated heterocycles. The van der Waals surface area contributed by atoms with E-state index in [2.05, 4.69) is 70.9 Å². The van der Waals surface area contributed by atoms with Gasteiger partial charge in [-0.15, -0.1) is 0 Å². The Morgan fingerprint density at radius 3 is 1.97 bits per heavy atom. The molecule has 3 aromatic carbocycles. The first-order valence-corrected chi connectivity index (χ1v) is 10.3. The summed E-state index contributed by atoms with van der Waals surface area (Å²) in [5.74, 6) is 0. The monoisotopic (exact) mass is 384 g/mol. The van der Waals surface area contributed by atoms with E-state index in [1.807, 2.05) is 37.3 Å². The molecular weight excluding hydrogens is 356 g/mol. The van der Waals surface area contributed by atoms with E-state index in [1.54, 1.807) is 0 Å². The number of benzene rings is 3. The van der Waals surface area contributed by atoms with Crippen LogP contribution in [0.3, 0.4) is 0 Å². The highest BCUT2D eigenvalue weighted by atomic mass is 16.3. The quantitative estimate of drug-likeness (QED) is 0.535. The van der Waals surface area contributed by atoms with Crippen LogP contribution < -0.4 is 10.2 Å². The summed E-state index contributed by atoms with van der Waals surface area (Å²) in [6, 6.07) is 27.0. The number of para-hydroxylation sites is 2. The van der Waals surface area contributed by atoms with E-state index in [0.717, 1.165) is 25.1 Å². The molecule has 3 nitrogen and oxygen atoms in total. The highest BCUT2D eigenvalue weighted by Gasteiger charge is 2.18. The van der Waals surface area contributed by atoms with Crippen molar-refractivity contribution in [3.05, 3.63) is 95.6 Å². The van der Waals surface area contributed by atoms with E-state index in [9.17, 15) is 5.11 Å². The van der Waals surface area contributed by atoms with Gasteiger partial charge in [0.1, 0.15) is 0 Å². The van der Waals surface area contributed by atoms with Crippen LogP contribution in [0.1, 0.15) is 36.1 Å². The summed E-state index contributed by atoms with van der Waals surface area (Å²) >= 11 is 0. The lowest BCUT2D eigenvalue weighted by Crippen LogP contribution is -2.34. The Balaban J connectivity index is 1.41. The van der Waals surface area contributed by atoms with Crippen LogP contribution in [0.2, 0.25) is 0 Å². The van der Waals surface area contributed by atoms with Crippen LogP contribution in [-0.2, 0) is 0 Å². The third-order valence-corrected chi connectivity index (χ3v) is 5.54. The zero-order valence-electron chi connectivity index (χ0n) is 16.8. The number of nitrogens with one attached hydrogen (secondary N) is 1. The average molecular weight is 385 g/mol. The van der Waals surface area contributed by atoms with E-state index in [0.29, 0.717) is 0 Å². The summed E-state index contributed by atoms with van der Waals surface area (Å²) in [5, 5.41) is 14.0. The maximum absolute atomic E-state index is 10.6. The van der Waals surface area contributed by atoms with Crippen molar-refractivity contribution >= 4 is 23.5 Å². The normalized spacial score (nSPS) is 14.6. The minimum atomic E-state index is -0.500. The summed E-state index contributed by atoms with van der Waals surface area (Å²) in [7, 11) is 0. The fraction of sp³-hybridized carbons (Fsp3) is 0.231.